The van der Waals surface area contributed by atoms with Crippen molar-refractivity contribution in [1.82, 2.24) is 16.0 Å². The molecular formula is C27H29ClN4O2. The quantitative estimate of drug-likeness (QED) is 0.408. The van der Waals surface area contributed by atoms with Crippen molar-refractivity contribution in [1.29, 1.82) is 0 Å². The number of hydrogen-bond acceptors (Lipinski definition) is 2. The number of nitrogens with one attached hydrogen (secondary N) is 3. The van der Waals surface area contributed by atoms with E-state index < -0.39 is 0 Å². The Hall–Kier alpha value is -3.51. The maximum absolute atomic E-state index is 13.2. The molecule has 1 aliphatic rings. The highest BCUT2D eigenvalue weighted by Crippen LogP contribution is 2.26. The van der Waals surface area contributed by atoms with Crippen LogP contribution in [-0.2, 0) is 6.54 Å². The van der Waals surface area contributed by atoms with Crippen molar-refractivity contribution >= 4 is 35.0 Å². The van der Waals surface area contributed by atoms with E-state index in [1.54, 1.807) is 11.0 Å². The molecule has 176 valence electrons. The van der Waals surface area contributed by atoms with E-state index in [1.165, 1.54) is 0 Å². The fourth-order valence-electron chi connectivity index (χ4n) is 4.22. The lowest BCUT2D eigenvalue weighted by Gasteiger charge is -2.32. The average molecular weight is 477 g/mol. The highest BCUT2D eigenvalue weighted by molar-refractivity contribution is 6.30. The Morgan fingerprint density at radius 3 is 1.88 bits per heavy atom. The Balaban J connectivity index is 1.27. The maximum atomic E-state index is 13.2. The first kappa shape index (κ1) is 23.6. The van der Waals surface area contributed by atoms with E-state index in [0.717, 1.165) is 42.6 Å². The summed E-state index contributed by atoms with van der Waals surface area (Å²) in [4.78, 5) is 27.2. The van der Waals surface area contributed by atoms with Crippen molar-refractivity contribution < 1.29 is 9.59 Å². The second-order valence-electron chi connectivity index (χ2n) is 8.46. The molecule has 0 atom stereocenters. The van der Waals surface area contributed by atoms with Crippen LogP contribution >= 0.6 is 11.6 Å². The Labute approximate surface area is 205 Å². The molecule has 34 heavy (non-hydrogen) atoms. The molecule has 0 heterocycles. The first-order valence-corrected chi connectivity index (χ1v) is 12.0. The zero-order valence-corrected chi connectivity index (χ0v) is 19.7. The van der Waals surface area contributed by atoms with Gasteiger partial charge in [0, 0.05) is 23.7 Å². The number of hydrogen-bond donors (Lipinski definition) is 3. The third-order valence-corrected chi connectivity index (χ3v) is 6.20. The smallest absolute Gasteiger partial charge is 0.326 e. The van der Waals surface area contributed by atoms with Gasteiger partial charge < -0.3 is 16.0 Å². The predicted octanol–water partition coefficient (Wildman–Crippen LogP) is 6.00. The summed E-state index contributed by atoms with van der Waals surface area (Å²) in [6.45, 7) is 0.423. The van der Waals surface area contributed by atoms with Crippen molar-refractivity contribution in [3.63, 3.8) is 0 Å². The monoisotopic (exact) mass is 476 g/mol. The van der Waals surface area contributed by atoms with Crippen LogP contribution in [-0.4, -0.2) is 24.1 Å². The molecule has 0 radical (unpaired) electrons. The molecule has 6 nitrogen and oxygen atoms in total. The molecule has 0 aromatic heterocycles. The highest BCUT2D eigenvalue weighted by Gasteiger charge is 2.26. The van der Waals surface area contributed by atoms with Crippen molar-refractivity contribution in [2.45, 2.75) is 44.3 Å². The number of halogens is 1. The zero-order valence-electron chi connectivity index (χ0n) is 18.9. The third kappa shape index (κ3) is 6.51. The molecule has 1 saturated carbocycles. The van der Waals surface area contributed by atoms with Crippen LogP contribution in [0.4, 0.5) is 21.0 Å². The van der Waals surface area contributed by atoms with E-state index in [9.17, 15) is 9.59 Å². The molecular weight excluding hydrogens is 448 g/mol. The summed E-state index contributed by atoms with van der Waals surface area (Å²) in [5, 5.41) is 9.77. The Bertz CT molecular complexity index is 1050. The standard InChI is InChI=1S/C27H29ClN4O2/c28-21-9-7-8-20(18-21)19-29-26(33)30-22-14-16-23(17-15-22)31-27(34)32(24-10-3-1-4-11-24)25-12-5-2-6-13-25/h1-13,18,22-23H,14-17,19H2,(H,31,34)(H2,29,30,33). The molecule has 4 amide bonds. The third-order valence-electron chi connectivity index (χ3n) is 5.96. The topological polar surface area (TPSA) is 73.5 Å². The average Bonchev–Trinajstić information content (AvgIpc) is 2.86. The van der Waals surface area contributed by atoms with E-state index in [2.05, 4.69) is 16.0 Å². The molecule has 0 bridgehead atoms. The number of benzene rings is 3. The molecule has 0 spiro atoms. The summed E-state index contributed by atoms with van der Waals surface area (Å²) in [7, 11) is 0. The lowest BCUT2D eigenvalue weighted by atomic mass is 9.91. The number of nitrogens with zero attached hydrogens (tertiary/aromatic N) is 1. The molecule has 0 aliphatic heterocycles. The Morgan fingerprint density at radius 2 is 1.32 bits per heavy atom. The number of anilines is 2. The molecule has 3 aromatic rings. The van der Waals surface area contributed by atoms with E-state index in [1.807, 2.05) is 78.9 Å². The van der Waals surface area contributed by atoms with Gasteiger partial charge in [-0.1, -0.05) is 60.1 Å². The number of rotatable bonds is 6. The van der Waals surface area contributed by atoms with Crippen LogP contribution in [0.15, 0.2) is 84.9 Å². The van der Waals surface area contributed by atoms with Crippen LogP contribution in [0.5, 0.6) is 0 Å². The summed E-state index contributed by atoms with van der Waals surface area (Å²) in [6.07, 6.45) is 3.24. The van der Waals surface area contributed by atoms with Crippen molar-refractivity contribution in [2.24, 2.45) is 0 Å². The van der Waals surface area contributed by atoms with E-state index in [-0.39, 0.29) is 24.1 Å². The van der Waals surface area contributed by atoms with Gasteiger partial charge in [-0.15, -0.1) is 0 Å². The molecule has 0 unspecified atom stereocenters. The summed E-state index contributed by atoms with van der Waals surface area (Å²) < 4.78 is 0. The summed E-state index contributed by atoms with van der Waals surface area (Å²) in [5.74, 6) is 0. The highest BCUT2D eigenvalue weighted by atomic mass is 35.5. The van der Waals surface area contributed by atoms with Gasteiger partial charge in [0.15, 0.2) is 0 Å². The second-order valence-corrected chi connectivity index (χ2v) is 8.90. The first-order chi connectivity index (χ1) is 16.6. The lowest BCUT2D eigenvalue weighted by molar-refractivity contribution is 0.224. The van der Waals surface area contributed by atoms with Gasteiger partial charge in [-0.05, 0) is 67.6 Å². The van der Waals surface area contributed by atoms with Gasteiger partial charge >= 0.3 is 12.1 Å². The summed E-state index contributed by atoms with van der Waals surface area (Å²) in [6, 6.07) is 26.5. The molecule has 0 saturated heterocycles. The number of carbonyl (C=O) groups is 2. The van der Waals surface area contributed by atoms with Crippen molar-refractivity contribution in [2.75, 3.05) is 4.90 Å². The van der Waals surface area contributed by atoms with Gasteiger partial charge in [0.25, 0.3) is 0 Å². The fraction of sp³-hybridized carbons (Fsp3) is 0.259. The Kier molecular flexibility index (Phi) is 8.04. The molecule has 3 aromatic carbocycles. The number of para-hydroxylation sites is 2. The number of amides is 4. The van der Waals surface area contributed by atoms with Crippen LogP contribution in [0.25, 0.3) is 0 Å². The van der Waals surface area contributed by atoms with Crippen LogP contribution in [0.3, 0.4) is 0 Å². The molecule has 3 N–H and O–H groups in total. The second kappa shape index (κ2) is 11.6. The van der Waals surface area contributed by atoms with Crippen LogP contribution in [0, 0.1) is 0 Å². The van der Waals surface area contributed by atoms with Gasteiger partial charge in [0.05, 0.1) is 11.4 Å². The molecule has 1 aliphatic carbocycles. The van der Waals surface area contributed by atoms with Crippen molar-refractivity contribution in [3.8, 4) is 0 Å². The normalized spacial score (nSPS) is 17.4. The maximum Gasteiger partial charge on any atom is 0.326 e. The minimum atomic E-state index is -0.188. The molecule has 1 fully saturated rings. The number of carbonyl (C=O) groups excluding carboxylic acids is 2. The van der Waals surface area contributed by atoms with Gasteiger partial charge in [0.2, 0.25) is 0 Å². The first-order valence-electron chi connectivity index (χ1n) is 11.6. The van der Waals surface area contributed by atoms with Gasteiger partial charge in [-0.2, -0.15) is 0 Å². The number of urea groups is 2. The van der Waals surface area contributed by atoms with E-state index >= 15 is 0 Å². The summed E-state index contributed by atoms with van der Waals surface area (Å²) >= 11 is 5.99. The Morgan fingerprint density at radius 1 is 0.765 bits per heavy atom. The minimum absolute atomic E-state index is 0.0648. The van der Waals surface area contributed by atoms with Crippen molar-refractivity contribution in [3.05, 3.63) is 95.5 Å². The zero-order chi connectivity index (χ0) is 23.8. The minimum Gasteiger partial charge on any atom is -0.335 e. The SMILES string of the molecule is O=C(NCc1cccc(Cl)c1)NC1CCC(NC(=O)N(c2ccccc2)c2ccccc2)CC1. The van der Waals surface area contributed by atoms with Gasteiger partial charge in [0.1, 0.15) is 0 Å². The van der Waals surface area contributed by atoms with Crippen LogP contribution in [0.2, 0.25) is 5.02 Å². The lowest BCUT2D eigenvalue weighted by Crippen LogP contribution is -2.48. The summed E-state index contributed by atoms with van der Waals surface area (Å²) in [5.41, 5.74) is 2.59. The molecule has 7 heteroatoms. The van der Waals surface area contributed by atoms with Crippen LogP contribution < -0.4 is 20.9 Å². The van der Waals surface area contributed by atoms with Gasteiger partial charge in [-0.3, -0.25) is 4.90 Å². The largest absolute Gasteiger partial charge is 0.335 e. The van der Waals surface area contributed by atoms with E-state index in [0.29, 0.717) is 11.6 Å². The van der Waals surface area contributed by atoms with Gasteiger partial charge in [-0.25, -0.2) is 9.59 Å². The van der Waals surface area contributed by atoms with Crippen LogP contribution in [0.1, 0.15) is 31.2 Å². The molecule has 4 rings (SSSR count). The fourth-order valence-corrected chi connectivity index (χ4v) is 4.44. The predicted molar refractivity (Wildman–Crippen MR) is 136 cm³/mol. The van der Waals surface area contributed by atoms with E-state index in [4.69, 9.17) is 11.6 Å².